The molecule has 0 radical (unpaired) electrons. The Hall–Kier alpha value is -2.57. The van der Waals surface area contributed by atoms with E-state index < -0.39 is 28.0 Å². The van der Waals surface area contributed by atoms with Gasteiger partial charge in [0.05, 0.1) is 22.5 Å². The summed E-state index contributed by atoms with van der Waals surface area (Å²) in [6.07, 6.45) is 2.83. The van der Waals surface area contributed by atoms with Gasteiger partial charge in [-0.3, -0.25) is 14.6 Å². The fourth-order valence-corrected chi connectivity index (χ4v) is 5.65. The van der Waals surface area contributed by atoms with Gasteiger partial charge in [0, 0.05) is 13.1 Å². The van der Waals surface area contributed by atoms with Gasteiger partial charge < -0.3 is 16.8 Å². The molecule has 168 valence electrons. The van der Waals surface area contributed by atoms with Crippen molar-refractivity contribution in [3.8, 4) is 0 Å². The highest BCUT2D eigenvalue weighted by Gasteiger charge is 2.38. The molecule has 1 aromatic heterocycles. The van der Waals surface area contributed by atoms with Crippen molar-refractivity contribution in [2.45, 2.75) is 37.8 Å². The van der Waals surface area contributed by atoms with Crippen molar-refractivity contribution in [2.75, 3.05) is 19.3 Å². The van der Waals surface area contributed by atoms with Crippen LogP contribution in [0.5, 0.6) is 0 Å². The SMILES string of the molecule is CS(=O)(=O)N1CCC[C@H]1C(=O)NC(CCCN=C(N)N)C(=O)c1nc2ccccc2s1. The number of ketones is 1. The number of nitrogens with zero attached hydrogens (tertiary/aromatic N) is 3. The lowest BCUT2D eigenvalue weighted by Crippen LogP contribution is -2.50. The van der Waals surface area contributed by atoms with E-state index in [1.54, 1.807) is 0 Å². The minimum Gasteiger partial charge on any atom is -0.370 e. The monoisotopic (exact) mass is 466 g/mol. The number of sulfonamides is 1. The molecule has 1 aliphatic heterocycles. The minimum absolute atomic E-state index is 0.0483. The number of guanidine groups is 1. The zero-order valence-electron chi connectivity index (χ0n) is 17.2. The largest absolute Gasteiger partial charge is 0.370 e. The van der Waals surface area contributed by atoms with Crippen molar-refractivity contribution in [1.29, 1.82) is 0 Å². The van der Waals surface area contributed by atoms with Crippen LogP contribution in [0.3, 0.4) is 0 Å². The molecule has 1 saturated heterocycles. The van der Waals surface area contributed by atoms with Crippen molar-refractivity contribution < 1.29 is 18.0 Å². The Kier molecular flexibility index (Phi) is 7.23. The molecule has 3 rings (SSSR count). The number of para-hydroxylation sites is 1. The van der Waals surface area contributed by atoms with Crippen LogP contribution in [0.2, 0.25) is 0 Å². The highest BCUT2D eigenvalue weighted by Crippen LogP contribution is 2.24. The summed E-state index contributed by atoms with van der Waals surface area (Å²) < 4.78 is 26.0. The van der Waals surface area contributed by atoms with Crippen molar-refractivity contribution >= 4 is 49.2 Å². The Morgan fingerprint density at radius 3 is 2.77 bits per heavy atom. The molecular weight excluding hydrogens is 440 g/mol. The van der Waals surface area contributed by atoms with Crippen LogP contribution in [-0.2, 0) is 14.8 Å². The smallest absolute Gasteiger partial charge is 0.239 e. The summed E-state index contributed by atoms with van der Waals surface area (Å²) in [6.45, 7) is 0.596. The van der Waals surface area contributed by atoms with Gasteiger partial charge in [-0.2, -0.15) is 4.31 Å². The van der Waals surface area contributed by atoms with Gasteiger partial charge in [-0.25, -0.2) is 13.4 Å². The summed E-state index contributed by atoms with van der Waals surface area (Å²) in [5, 5.41) is 3.04. The molecule has 31 heavy (non-hydrogen) atoms. The number of fused-ring (bicyclic) bond motifs is 1. The van der Waals surface area contributed by atoms with E-state index in [1.807, 2.05) is 24.3 Å². The van der Waals surface area contributed by atoms with Crippen LogP contribution in [0.4, 0.5) is 0 Å². The minimum atomic E-state index is -3.52. The van der Waals surface area contributed by atoms with Crippen LogP contribution in [-0.4, -0.2) is 66.8 Å². The molecule has 12 heteroatoms. The van der Waals surface area contributed by atoms with Crippen molar-refractivity contribution in [3.05, 3.63) is 29.3 Å². The lowest BCUT2D eigenvalue weighted by atomic mass is 10.1. The van der Waals surface area contributed by atoms with Gasteiger partial charge >= 0.3 is 0 Å². The molecule has 0 saturated carbocycles. The third kappa shape index (κ3) is 5.77. The maximum Gasteiger partial charge on any atom is 0.239 e. The molecule has 2 atom stereocenters. The topological polar surface area (TPSA) is 161 Å². The van der Waals surface area contributed by atoms with Crippen LogP contribution in [0.15, 0.2) is 29.3 Å². The van der Waals surface area contributed by atoms with E-state index in [2.05, 4.69) is 15.3 Å². The van der Waals surface area contributed by atoms with Crippen LogP contribution in [0, 0.1) is 0 Å². The number of carbonyl (C=O) groups is 2. The number of hydrogen-bond donors (Lipinski definition) is 3. The van der Waals surface area contributed by atoms with E-state index in [0.29, 0.717) is 42.8 Å². The van der Waals surface area contributed by atoms with E-state index in [4.69, 9.17) is 11.5 Å². The van der Waals surface area contributed by atoms with Crippen LogP contribution >= 0.6 is 11.3 Å². The number of aliphatic imine (C=N–C) groups is 1. The Morgan fingerprint density at radius 2 is 2.10 bits per heavy atom. The lowest BCUT2D eigenvalue weighted by molar-refractivity contribution is -0.124. The molecule has 2 heterocycles. The summed E-state index contributed by atoms with van der Waals surface area (Å²) >= 11 is 1.26. The number of rotatable bonds is 9. The Balaban J connectivity index is 1.79. The average molecular weight is 467 g/mol. The van der Waals surface area contributed by atoms with Crippen LogP contribution in [0.1, 0.15) is 35.5 Å². The maximum absolute atomic E-state index is 13.2. The van der Waals surface area contributed by atoms with Gasteiger partial charge in [-0.05, 0) is 37.8 Å². The van der Waals surface area contributed by atoms with Crippen molar-refractivity contribution in [2.24, 2.45) is 16.5 Å². The number of Topliss-reactive ketones (excluding diaryl/α,β-unsaturated/α-hetero) is 1. The number of aromatic nitrogens is 1. The molecule has 1 aromatic carbocycles. The second-order valence-electron chi connectivity index (χ2n) is 7.39. The zero-order valence-corrected chi connectivity index (χ0v) is 18.8. The molecule has 0 bridgehead atoms. The number of hydrogen-bond acceptors (Lipinski definition) is 7. The molecule has 10 nitrogen and oxygen atoms in total. The molecule has 1 aliphatic rings. The fraction of sp³-hybridized carbons (Fsp3) is 0.474. The highest BCUT2D eigenvalue weighted by molar-refractivity contribution is 7.88. The molecule has 5 N–H and O–H groups in total. The molecule has 0 aliphatic carbocycles. The number of amides is 1. The Morgan fingerprint density at radius 1 is 1.35 bits per heavy atom. The van der Waals surface area contributed by atoms with E-state index in [0.717, 1.165) is 11.0 Å². The predicted molar refractivity (Wildman–Crippen MR) is 120 cm³/mol. The third-order valence-corrected chi connectivity index (χ3v) is 7.36. The Labute approximate surface area is 184 Å². The number of nitrogens with one attached hydrogen (secondary N) is 1. The van der Waals surface area contributed by atoms with Gasteiger partial charge in [0.25, 0.3) is 0 Å². The predicted octanol–water partition coefficient (Wildman–Crippen LogP) is 0.441. The zero-order chi connectivity index (χ0) is 22.6. The maximum atomic E-state index is 13.2. The second kappa shape index (κ2) is 9.71. The summed E-state index contributed by atoms with van der Waals surface area (Å²) in [5.74, 6) is -0.847. The molecular formula is C19H26N6O4S2. The first-order valence-corrected chi connectivity index (χ1v) is 12.6. The first-order chi connectivity index (χ1) is 14.7. The van der Waals surface area contributed by atoms with Gasteiger partial charge in [0.15, 0.2) is 11.0 Å². The first kappa shape index (κ1) is 23.1. The van der Waals surface area contributed by atoms with Gasteiger partial charge in [0.1, 0.15) is 6.04 Å². The average Bonchev–Trinajstić information content (AvgIpc) is 3.36. The molecule has 2 aromatic rings. The quantitative estimate of drug-likeness (QED) is 0.209. The van der Waals surface area contributed by atoms with Crippen molar-refractivity contribution in [1.82, 2.24) is 14.6 Å². The molecule has 1 fully saturated rings. The van der Waals surface area contributed by atoms with E-state index in [1.165, 1.54) is 15.6 Å². The van der Waals surface area contributed by atoms with Crippen LogP contribution < -0.4 is 16.8 Å². The number of thiazole rings is 1. The normalized spacial score (nSPS) is 18.0. The van der Waals surface area contributed by atoms with Gasteiger partial charge in [-0.1, -0.05) is 12.1 Å². The first-order valence-electron chi connectivity index (χ1n) is 9.89. The molecule has 0 spiro atoms. The number of benzene rings is 1. The standard InChI is InChI=1S/C19H26N6O4S2/c1-31(28,29)25-11-5-8-14(25)17(27)23-13(7-4-10-22-19(20)21)16(26)18-24-12-6-2-3-9-15(12)30-18/h2-3,6,9,13-14H,4-5,7-8,10-11H2,1H3,(H,23,27)(H4,20,21,22)/t13?,14-/m0/s1. The van der Waals surface area contributed by atoms with Crippen molar-refractivity contribution in [3.63, 3.8) is 0 Å². The van der Waals surface area contributed by atoms with E-state index in [9.17, 15) is 18.0 Å². The third-order valence-electron chi connectivity index (χ3n) is 5.02. The summed E-state index contributed by atoms with van der Waals surface area (Å²) in [7, 11) is -3.52. The summed E-state index contributed by atoms with van der Waals surface area (Å²) in [5.41, 5.74) is 11.4. The van der Waals surface area contributed by atoms with Gasteiger partial charge in [0.2, 0.25) is 21.7 Å². The van der Waals surface area contributed by atoms with Gasteiger partial charge in [-0.15, -0.1) is 11.3 Å². The Bertz CT molecular complexity index is 1060. The molecule has 1 unspecified atom stereocenters. The lowest BCUT2D eigenvalue weighted by Gasteiger charge is -2.24. The second-order valence-corrected chi connectivity index (χ2v) is 10.4. The van der Waals surface area contributed by atoms with E-state index in [-0.39, 0.29) is 18.3 Å². The highest BCUT2D eigenvalue weighted by atomic mass is 32.2. The van der Waals surface area contributed by atoms with Crippen LogP contribution in [0.25, 0.3) is 10.2 Å². The number of nitrogens with two attached hydrogens (primary N) is 2. The summed E-state index contributed by atoms with van der Waals surface area (Å²) in [6, 6.07) is 5.71. The molecule has 1 amide bonds. The number of carbonyl (C=O) groups excluding carboxylic acids is 2. The summed E-state index contributed by atoms with van der Waals surface area (Å²) in [4.78, 5) is 34.4. The van der Waals surface area contributed by atoms with E-state index >= 15 is 0 Å². The fourth-order valence-electron chi connectivity index (χ4n) is 3.57.